The Balaban J connectivity index is 1.48. The van der Waals surface area contributed by atoms with E-state index in [1.165, 1.54) is 18.0 Å². The van der Waals surface area contributed by atoms with E-state index in [0.29, 0.717) is 23.7 Å². The second-order valence-corrected chi connectivity index (χ2v) is 10.0. The van der Waals surface area contributed by atoms with Crippen LogP contribution in [-0.2, 0) is 28.6 Å². The van der Waals surface area contributed by atoms with E-state index in [9.17, 15) is 8.42 Å². The van der Waals surface area contributed by atoms with Crippen LogP contribution in [0.15, 0.2) is 53.2 Å². The molecular formula is C23H27N5O3S. The molecule has 168 valence electrons. The molecule has 0 aliphatic carbocycles. The Hall–Kier alpha value is -3.01. The largest absolute Gasteiger partial charge is 0.361 e. The summed E-state index contributed by atoms with van der Waals surface area (Å²) in [7, 11) is 2.25. The fraction of sp³-hybridized carbons (Fsp3) is 0.304. The van der Waals surface area contributed by atoms with Gasteiger partial charge < -0.3 is 14.4 Å². The van der Waals surface area contributed by atoms with Crippen molar-refractivity contribution in [2.24, 2.45) is 0 Å². The van der Waals surface area contributed by atoms with Crippen LogP contribution >= 0.6 is 0 Å². The first-order valence-electron chi connectivity index (χ1n) is 10.4. The Labute approximate surface area is 187 Å². The maximum Gasteiger partial charge on any atom is 0.231 e. The Morgan fingerprint density at radius 1 is 1.09 bits per heavy atom. The number of hydrogen-bond acceptors (Lipinski definition) is 6. The molecule has 9 heteroatoms. The predicted molar refractivity (Wildman–Crippen MR) is 125 cm³/mol. The van der Waals surface area contributed by atoms with Crippen molar-refractivity contribution in [3.63, 3.8) is 0 Å². The Morgan fingerprint density at radius 2 is 1.84 bits per heavy atom. The fourth-order valence-electron chi connectivity index (χ4n) is 3.55. The highest BCUT2D eigenvalue weighted by Crippen LogP contribution is 2.23. The molecule has 2 N–H and O–H groups in total. The molecule has 32 heavy (non-hydrogen) atoms. The summed E-state index contributed by atoms with van der Waals surface area (Å²) >= 11 is 0. The molecule has 0 saturated carbocycles. The highest BCUT2D eigenvalue weighted by molar-refractivity contribution is 7.88. The summed E-state index contributed by atoms with van der Waals surface area (Å²) in [4.78, 5) is 10.0. The molecular weight excluding hydrogens is 426 g/mol. The molecule has 2 aromatic carbocycles. The van der Waals surface area contributed by atoms with Gasteiger partial charge in [0.25, 0.3) is 0 Å². The number of aromatic amines is 1. The van der Waals surface area contributed by atoms with Gasteiger partial charge in [0.1, 0.15) is 0 Å². The lowest BCUT2D eigenvalue weighted by Crippen LogP contribution is -2.20. The molecule has 0 spiro atoms. The van der Waals surface area contributed by atoms with Crippen molar-refractivity contribution in [2.45, 2.75) is 18.6 Å². The maximum absolute atomic E-state index is 11.7. The summed E-state index contributed by atoms with van der Waals surface area (Å²) in [6.07, 6.45) is 3.60. The quantitative estimate of drug-likeness (QED) is 0.404. The van der Waals surface area contributed by atoms with Crippen LogP contribution in [0.2, 0.25) is 0 Å². The van der Waals surface area contributed by atoms with E-state index in [1.807, 2.05) is 0 Å². The van der Waals surface area contributed by atoms with Gasteiger partial charge in [-0.25, -0.2) is 13.1 Å². The van der Waals surface area contributed by atoms with E-state index in [-0.39, 0.29) is 5.75 Å². The average molecular weight is 454 g/mol. The number of aromatic nitrogens is 3. The van der Waals surface area contributed by atoms with Gasteiger partial charge in [0.2, 0.25) is 21.7 Å². The zero-order chi connectivity index (χ0) is 22.7. The third-order valence-corrected chi connectivity index (χ3v) is 6.70. The zero-order valence-corrected chi connectivity index (χ0v) is 19.2. The lowest BCUT2D eigenvalue weighted by molar-refractivity contribution is 0.386. The van der Waals surface area contributed by atoms with Crippen molar-refractivity contribution in [1.82, 2.24) is 24.7 Å². The molecule has 0 radical (unpaired) electrons. The standard InChI is InChI=1S/C23H27N5O3S/c1-24-32(29,30)15-16-4-7-18(8-5-16)23-26-22(31-27-23)13-17-6-9-21-20(12-17)19(14-25-21)10-11-28(2)3/h4-9,12,14,24-25H,10-11,13,15H2,1-3H3. The monoisotopic (exact) mass is 453 g/mol. The van der Waals surface area contributed by atoms with Crippen LogP contribution in [-0.4, -0.2) is 56.1 Å². The summed E-state index contributed by atoms with van der Waals surface area (Å²) in [5.41, 5.74) is 4.98. The third-order valence-electron chi connectivity index (χ3n) is 5.36. The van der Waals surface area contributed by atoms with Crippen molar-refractivity contribution >= 4 is 20.9 Å². The van der Waals surface area contributed by atoms with Crippen LogP contribution in [0.25, 0.3) is 22.3 Å². The molecule has 2 aromatic heterocycles. The number of fused-ring (bicyclic) bond motifs is 1. The molecule has 0 amide bonds. The van der Waals surface area contributed by atoms with Gasteiger partial charge >= 0.3 is 0 Å². The van der Waals surface area contributed by atoms with Crippen molar-refractivity contribution < 1.29 is 12.9 Å². The molecule has 0 bridgehead atoms. The van der Waals surface area contributed by atoms with E-state index < -0.39 is 10.0 Å². The minimum Gasteiger partial charge on any atom is -0.361 e. The van der Waals surface area contributed by atoms with Crippen molar-refractivity contribution in [1.29, 1.82) is 0 Å². The second kappa shape index (κ2) is 9.23. The number of nitrogens with one attached hydrogen (secondary N) is 2. The van der Waals surface area contributed by atoms with Gasteiger partial charge in [-0.05, 0) is 56.4 Å². The molecule has 8 nitrogen and oxygen atoms in total. The van der Waals surface area contributed by atoms with Gasteiger partial charge in [-0.2, -0.15) is 4.98 Å². The van der Waals surface area contributed by atoms with Gasteiger partial charge in [0.15, 0.2) is 0 Å². The van der Waals surface area contributed by atoms with E-state index in [2.05, 4.69) is 63.2 Å². The van der Waals surface area contributed by atoms with Crippen molar-refractivity contribution in [2.75, 3.05) is 27.7 Å². The minimum absolute atomic E-state index is 0.0700. The van der Waals surface area contributed by atoms with Gasteiger partial charge in [-0.3, -0.25) is 0 Å². The summed E-state index contributed by atoms with van der Waals surface area (Å²) in [6.45, 7) is 0.990. The van der Waals surface area contributed by atoms with Crippen molar-refractivity contribution in [3.8, 4) is 11.4 Å². The van der Waals surface area contributed by atoms with Crippen molar-refractivity contribution in [3.05, 3.63) is 71.2 Å². The van der Waals surface area contributed by atoms with Crippen LogP contribution in [0.5, 0.6) is 0 Å². The summed E-state index contributed by atoms with van der Waals surface area (Å²) in [6, 6.07) is 13.5. The predicted octanol–water partition coefficient (Wildman–Crippen LogP) is 2.96. The highest BCUT2D eigenvalue weighted by Gasteiger charge is 2.13. The van der Waals surface area contributed by atoms with Crippen LogP contribution in [0.4, 0.5) is 0 Å². The smallest absolute Gasteiger partial charge is 0.231 e. The topological polar surface area (TPSA) is 104 Å². The molecule has 4 rings (SSSR count). The summed E-state index contributed by atoms with van der Waals surface area (Å²) in [5, 5.41) is 5.31. The SMILES string of the molecule is CNS(=O)(=O)Cc1ccc(-c2noc(Cc3ccc4[nH]cc(CCN(C)C)c4c3)n2)cc1. The lowest BCUT2D eigenvalue weighted by atomic mass is 10.1. The number of H-pyrrole nitrogens is 1. The van der Waals surface area contributed by atoms with E-state index >= 15 is 0 Å². The number of hydrogen-bond donors (Lipinski definition) is 2. The third kappa shape index (κ3) is 5.24. The Bertz CT molecular complexity index is 1310. The van der Waals surface area contributed by atoms with E-state index in [1.54, 1.807) is 24.3 Å². The minimum atomic E-state index is -3.31. The first-order chi connectivity index (χ1) is 15.3. The lowest BCUT2D eigenvalue weighted by Gasteiger charge is -2.08. The van der Waals surface area contributed by atoms with E-state index in [4.69, 9.17) is 4.52 Å². The molecule has 0 aliphatic heterocycles. The molecule has 0 atom stereocenters. The Morgan fingerprint density at radius 3 is 2.56 bits per heavy atom. The molecule has 0 saturated heterocycles. The van der Waals surface area contributed by atoms with Crippen LogP contribution in [0, 0.1) is 0 Å². The zero-order valence-electron chi connectivity index (χ0n) is 18.4. The number of likely N-dealkylation sites (N-methyl/N-ethyl adjacent to an activating group) is 1. The van der Waals surface area contributed by atoms with Gasteiger partial charge in [-0.15, -0.1) is 0 Å². The van der Waals surface area contributed by atoms with Gasteiger partial charge in [-0.1, -0.05) is 35.5 Å². The first-order valence-corrected chi connectivity index (χ1v) is 12.0. The molecule has 0 aliphatic rings. The molecule has 0 unspecified atom stereocenters. The molecule has 2 heterocycles. The van der Waals surface area contributed by atoms with Gasteiger partial charge in [0, 0.05) is 29.2 Å². The molecule has 0 fully saturated rings. The van der Waals surface area contributed by atoms with Crippen LogP contribution in [0.3, 0.4) is 0 Å². The Kier molecular flexibility index (Phi) is 6.40. The second-order valence-electron chi connectivity index (χ2n) is 8.10. The first kappa shape index (κ1) is 22.2. The fourth-order valence-corrected chi connectivity index (χ4v) is 4.32. The number of rotatable bonds is 9. The van der Waals surface area contributed by atoms with Crippen LogP contribution in [0.1, 0.15) is 22.6 Å². The number of sulfonamides is 1. The average Bonchev–Trinajstić information content (AvgIpc) is 3.39. The number of nitrogens with zero attached hydrogens (tertiary/aromatic N) is 3. The van der Waals surface area contributed by atoms with E-state index in [0.717, 1.165) is 29.6 Å². The number of benzene rings is 2. The normalized spacial score (nSPS) is 12.1. The summed E-state index contributed by atoms with van der Waals surface area (Å²) in [5.74, 6) is 0.948. The summed E-state index contributed by atoms with van der Waals surface area (Å²) < 4.78 is 31.2. The van der Waals surface area contributed by atoms with Crippen LogP contribution < -0.4 is 4.72 Å². The highest BCUT2D eigenvalue weighted by atomic mass is 32.2. The van der Waals surface area contributed by atoms with Gasteiger partial charge in [0.05, 0.1) is 12.2 Å². The molecule has 4 aromatic rings. The maximum atomic E-state index is 11.7.